The Balaban J connectivity index is 0.00000220. The molecule has 0 bridgehead atoms. The second-order valence-electron chi connectivity index (χ2n) is 6.01. The van der Waals surface area contributed by atoms with Gasteiger partial charge in [0.1, 0.15) is 5.60 Å². The van der Waals surface area contributed by atoms with Crippen LogP contribution >= 0.6 is 0 Å². The summed E-state index contributed by atoms with van der Waals surface area (Å²) in [5.41, 5.74) is 2.04. The largest absolute Gasteiger partial charge is 0.444 e. The SMILES string of the molecule is CC(C)(C)OC(=O)N1CC=C([B]c2ccccc2)CC1.O.O. The first-order valence-corrected chi connectivity index (χ1v) is 7.01. The van der Waals surface area contributed by atoms with Crippen LogP contribution in [-0.4, -0.2) is 47.9 Å². The standard InChI is InChI=1S/C16H21BNO2.2H2O/c1-16(2,3)20-15(19)18-11-9-14(10-12-18)17-13-7-5-4-6-8-13;;/h4-9H,10-12H2,1-3H3;2*1H2. The predicted molar refractivity (Wildman–Crippen MR) is 89.6 cm³/mol. The van der Waals surface area contributed by atoms with Gasteiger partial charge in [-0.25, -0.2) is 4.79 Å². The second-order valence-corrected chi connectivity index (χ2v) is 6.01. The van der Waals surface area contributed by atoms with Gasteiger partial charge in [-0.05, 0) is 27.2 Å². The number of hydrogen-bond donors (Lipinski definition) is 0. The lowest BCUT2D eigenvalue weighted by Gasteiger charge is -2.29. The zero-order valence-electron chi connectivity index (χ0n) is 13.4. The van der Waals surface area contributed by atoms with E-state index < -0.39 is 5.60 Å². The van der Waals surface area contributed by atoms with Crippen molar-refractivity contribution in [3.8, 4) is 0 Å². The molecule has 0 saturated heterocycles. The molecule has 0 saturated carbocycles. The van der Waals surface area contributed by atoms with Gasteiger partial charge in [-0.3, -0.25) is 0 Å². The van der Waals surface area contributed by atoms with E-state index in [0.29, 0.717) is 13.1 Å². The van der Waals surface area contributed by atoms with E-state index in [0.717, 1.165) is 6.42 Å². The Labute approximate surface area is 132 Å². The molecule has 6 heteroatoms. The molecule has 1 aromatic rings. The average molecular weight is 306 g/mol. The van der Waals surface area contributed by atoms with Crippen molar-refractivity contribution in [3.05, 3.63) is 41.9 Å². The number of carbonyl (C=O) groups excluding carboxylic acids is 1. The number of benzene rings is 1. The van der Waals surface area contributed by atoms with Gasteiger partial charge in [0, 0.05) is 13.1 Å². The Morgan fingerprint density at radius 1 is 1.18 bits per heavy atom. The van der Waals surface area contributed by atoms with Gasteiger partial charge in [-0.1, -0.05) is 41.9 Å². The first-order valence-electron chi connectivity index (χ1n) is 7.01. The fourth-order valence-corrected chi connectivity index (χ4v) is 2.07. The van der Waals surface area contributed by atoms with Crippen molar-refractivity contribution >= 4 is 18.8 Å². The maximum absolute atomic E-state index is 11.9. The average Bonchev–Trinajstić information content (AvgIpc) is 2.39. The van der Waals surface area contributed by atoms with Gasteiger partial charge in [0.25, 0.3) is 0 Å². The maximum atomic E-state index is 11.9. The summed E-state index contributed by atoms with van der Waals surface area (Å²) in [6, 6.07) is 10.2. The van der Waals surface area contributed by atoms with E-state index in [4.69, 9.17) is 4.74 Å². The van der Waals surface area contributed by atoms with E-state index in [1.165, 1.54) is 10.9 Å². The van der Waals surface area contributed by atoms with Crippen molar-refractivity contribution < 1.29 is 20.5 Å². The lowest BCUT2D eigenvalue weighted by molar-refractivity contribution is 0.0267. The third-order valence-electron chi connectivity index (χ3n) is 3.05. The van der Waals surface area contributed by atoms with E-state index in [9.17, 15) is 4.79 Å². The summed E-state index contributed by atoms with van der Waals surface area (Å²) in [5.74, 6) is 0. The fourth-order valence-electron chi connectivity index (χ4n) is 2.07. The van der Waals surface area contributed by atoms with Crippen LogP contribution in [0, 0.1) is 0 Å². The molecule has 1 aliphatic heterocycles. The van der Waals surface area contributed by atoms with Gasteiger partial charge in [-0.2, -0.15) is 0 Å². The van der Waals surface area contributed by atoms with E-state index in [1.807, 2.05) is 39.0 Å². The predicted octanol–water partition coefficient (Wildman–Crippen LogP) is 0.891. The highest BCUT2D eigenvalue weighted by Crippen LogP contribution is 2.14. The minimum Gasteiger partial charge on any atom is -0.444 e. The Morgan fingerprint density at radius 2 is 1.82 bits per heavy atom. The molecule has 0 fully saturated rings. The lowest BCUT2D eigenvalue weighted by Crippen LogP contribution is -2.40. The minimum atomic E-state index is -0.433. The molecular weight excluding hydrogens is 281 g/mol. The number of amides is 1. The minimum absolute atomic E-state index is 0. The normalized spacial score (nSPS) is 14.1. The van der Waals surface area contributed by atoms with Gasteiger partial charge < -0.3 is 20.6 Å². The molecule has 0 atom stereocenters. The van der Waals surface area contributed by atoms with E-state index in [2.05, 4.69) is 25.5 Å². The Kier molecular flexibility index (Phi) is 7.91. The number of carbonyl (C=O) groups is 1. The first kappa shape index (κ1) is 20.2. The van der Waals surface area contributed by atoms with Crippen molar-refractivity contribution in [2.24, 2.45) is 0 Å². The molecule has 4 N–H and O–H groups in total. The molecule has 5 nitrogen and oxygen atoms in total. The summed E-state index contributed by atoms with van der Waals surface area (Å²) in [6.07, 6.45) is 2.74. The molecule has 0 unspecified atom stereocenters. The monoisotopic (exact) mass is 306 g/mol. The molecule has 1 radical (unpaired) electrons. The van der Waals surface area contributed by atoms with Crippen molar-refractivity contribution in [1.82, 2.24) is 4.90 Å². The molecule has 0 aliphatic carbocycles. The fraction of sp³-hybridized carbons (Fsp3) is 0.438. The van der Waals surface area contributed by atoms with Gasteiger partial charge in [-0.15, -0.1) is 5.47 Å². The van der Waals surface area contributed by atoms with Crippen LogP contribution in [0.2, 0.25) is 0 Å². The van der Waals surface area contributed by atoms with Crippen LogP contribution in [0.15, 0.2) is 41.9 Å². The molecule has 0 spiro atoms. The second kappa shape index (κ2) is 8.61. The summed E-state index contributed by atoms with van der Waals surface area (Å²) in [4.78, 5) is 13.7. The number of hydrogen-bond acceptors (Lipinski definition) is 2. The van der Waals surface area contributed by atoms with Crippen LogP contribution in [0.25, 0.3) is 0 Å². The Hall–Kier alpha value is -1.79. The maximum Gasteiger partial charge on any atom is 0.410 e. The quantitative estimate of drug-likeness (QED) is 0.759. The molecule has 0 aromatic heterocycles. The molecule has 22 heavy (non-hydrogen) atoms. The summed E-state index contributed by atoms with van der Waals surface area (Å²) in [7, 11) is 2.17. The van der Waals surface area contributed by atoms with E-state index in [1.54, 1.807) is 4.90 Å². The zero-order chi connectivity index (χ0) is 14.6. The molecule has 1 amide bonds. The summed E-state index contributed by atoms with van der Waals surface area (Å²) >= 11 is 0. The van der Waals surface area contributed by atoms with Crippen LogP contribution < -0.4 is 5.46 Å². The number of rotatable bonds is 2. The van der Waals surface area contributed by atoms with E-state index in [-0.39, 0.29) is 17.0 Å². The molecule has 1 aromatic carbocycles. The van der Waals surface area contributed by atoms with Crippen molar-refractivity contribution in [2.45, 2.75) is 32.8 Å². The smallest absolute Gasteiger partial charge is 0.410 e. The van der Waals surface area contributed by atoms with Crippen LogP contribution in [-0.2, 0) is 4.74 Å². The highest BCUT2D eigenvalue weighted by Gasteiger charge is 2.23. The Bertz CT molecular complexity index is 497. The van der Waals surface area contributed by atoms with Crippen LogP contribution in [0.5, 0.6) is 0 Å². The van der Waals surface area contributed by atoms with Crippen LogP contribution in [0.4, 0.5) is 4.79 Å². The first-order chi connectivity index (χ1) is 9.44. The molecule has 1 heterocycles. The van der Waals surface area contributed by atoms with Crippen molar-refractivity contribution in [2.75, 3.05) is 13.1 Å². The van der Waals surface area contributed by atoms with Crippen LogP contribution in [0.1, 0.15) is 27.2 Å². The highest BCUT2D eigenvalue weighted by atomic mass is 16.6. The van der Waals surface area contributed by atoms with Gasteiger partial charge in [0.05, 0.1) is 0 Å². The molecular formula is C16H25BNO4. The summed E-state index contributed by atoms with van der Waals surface area (Å²) < 4.78 is 5.38. The van der Waals surface area contributed by atoms with Gasteiger partial charge >= 0.3 is 6.09 Å². The molecule has 121 valence electrons. The topological polar surface area (TPSA) is 92.5 Å². The number of ether oxygens (including phenoxy) is 1. The molecule has 1 aliphatic rings. The highest BCUT2D eigenvalue weighted by molar-refractivity contribution is 6.61. The summed E-state index contributed by atoms with van der Waals surface area (Å²) in [6.45, 7) is 7.00. The number of nitrogens with zero attached hydrogens (tertiary/aromatic N) is 1. The van der Waals surface area contributed by atoms with Gasteiger partial charge in [0.2, 0.25) is 0 Å². The van der Waals surface area contributed by atoms with E-state index >= 15 is 0 Å². The third kappa shape index (κ3) is 6.32. The Morgan fingerprint density at radius 3 is 2.32 bits per heavy atom. The zero-order valence-corrected chi connectivity index (χ0v) is 13.4. The van der Waals surface area contributed by atoms with Crippen LogP contribution in [0.3, 0.4) is 0 Å². The molecule has 2 rings (SSSR count). The summed E-state index contributed by atoms with van der Waals surface area (Å²) in [5, 5.41) is 0. The van der Waals surface area contributed by atoms with Crippen molar-refractivity contribution in [1.29, 1.82) is 0 Å². The lowest BCUT2D eigenvalue weighted by atomic mass is 9.61. The van der Waals surface area contributed by atoms with Gasteiger partial charge in [0.15, 0.2) is 7.28 Å². The third-order valence-corrected chi connectivity index (χ3v) is 3.05. The van der Waals surface area contributed by atoms with Crippen molar-refractivity contribution in [3.63, 3.8) is 0 Å².